The van der Waals surface area contributed by atoms with Gasteiger partial charge in [-0.3, -0.25) is 4.79 Å². The first kappa shape index (κ1) is 14.0. The minimum Gasteiger partial charge on any atom is -0.337 e. The molecule has 1 aliphatic heterocycles. The molecule has 1 aromatic heterocycles. The fraction of sp³-hybridized carbons (Fsp3) is 0.733. The Morgan fingerprint density at radius 2 is 2.10 bits per heavy atom. The van der Waals surface area contributed by atoms with E-state index < -0.39 is 0 Å². The van der Waals surface area contributed by atoms with Crippen molar-refractivity contribution >= 4 is 17.2 Å². The number of nitrogens with zero attached hydrogens (tertiary/aromatic N) is 2. The second kappa shape index (κ2) is 5.82. The molecule has 2 fully saturated rings. The zero-order chi connectivity index (χ0) is 14.1. The first-order chi connectivity index (χ1) is 9.66. The monoisotopic (exact) mass is 293 g/mol. The van der Waals surface area contributed by atoms with Crippen LogP contribution in [0.2, 0.25) is 0 Å². The second-order valence-corrected chi connectivity index (χ2v) is 7.04. The molecule has 4 nitrogen and oxygen atoms in total. The van der Waals surface area contributed by atoms with E-state index in [9.17, 15) is 4.79 Å². The Kier molecular flexibility index (Phi) is 4.08. The number of hydrogen-bond acceptors (Lipinski definition) is 4. The van der Waals surface area contributed by atoms with Crippen molar-refractivity contribution in [2.45, 2.75) is 51.0 Å². The molecule has 20 heavy (non-hydrogen) atoms. The Hall–Kier alpha value is -0.940. The molecule has 1 saturated heterocycles. The molecule has 1 unspecified atom stereocenters. The Morgan fingerprint density at radius 1 is 1.35 bits per heavy atom. The average molecular weight is 293 g/mol. The minimum atomic E-state index is 0.151. The van der Waals surface area contributed by atoms with Gasteiger partial charge in [0.1, 0.15) is 4.88 Å². The van der Waals surface area contributed by atoms with E-state index in [4.69, 9.17) is 0 Å². The Morgan fingerprint density at radius 3 is 2.75 bits per heavy atom. The normalized spacial score (nSPS) is 23.4. The number of aryl methyl sites for hydroxylation is 1. The van der Waals surface area contributed by atoms with E-state index in [0.29, 0.717) is 12.0 Å². The zero-order valence-electron chi connectivity index (χ0n) is 12.3. The number of hydrogen-bond donors (Lipinski definition) is 1. The van der Waals surface area contributed by atoms with E-state index in [0.717, 1.165) is 30.1 Å². The second-order valence-electron chi connectivity index (χ2n) is 6.01. The number of amides is 1. The summed E-state index contributed by atoms with van der Waals surface area (Å²) >= 11 is 1.63. The van der Waals surface area contributed by atoms with Crippen LogP contribution in [0.15, 0.2) is 0 Å². The van der Waals surface area contributed by atoms with Gasteiger partial charge in [-0.1, -0.05) is 12.8 Å². The van der Waals surface area contributed by atoms with Crippen LogP contribution in [0.4, 0.5) is 0 Å². The van der Waals surface area contributed by atoms with Crippen LogP contribution in [0.1, 0.15) is 58.4 Å². The quantitative estimate of drug-likeness (QED) is 0.931. The van der Waals surface area contributed by atoms with E-state index in [-0.39, 0.29) is 5.91 Å². The first-order valence-electron chi connectivity index (χ1n) is 7.62. The van der Waals surface area contributed by atoms with Crippen LogP contribution in [-0.2, 0) is 0 Å². The van der Waals surface area contributed by atoms with Gasteiger partial charge >= 0.3 is 0 Å². The number of carbonyl (C=O) groups is 1. The van der Waals surface area contributed by atoms with E-state index in [2.05, 4.69) is 10.3 Å². The molecule has 0 bridgehead atoms. The standard InChI is InChI=1S/C15H23N3OS/c1-10-13(15(19)18(2)12-7-8-16-9-12)20-14(17-10)11-5-3-4-6-11/h11-12,16H,3-9H2,1-2H3. The molecular formula is C15H23N3OS. The third-order valence-corrected chi connectivity index (χ3v) is 5.92. The van der Waals surface area contributed by atoms with Crippen molar-refractivity contribution in [3.05, 3.63) is 15.6 Å². The summed E-state index contributed by atoms with van der Waals surface area (Å²) in [6.45, 7) is 3.90. The van der Waals surface area contributed by atoms with Gasteiger partial charge < -0.3 is 10.2 Å². The summed E-state index contributed by atoms with van der Waals surface area (Å²) in [7, 11) is 1.93. The minimum absolute atomic E-state index is 0.151. The van der Waals surface area contributed by atoms with Crippen LogP contribution in [-0.4, -0.2) is 42.0 Å². The molecule has 1 atom stereocenters. The van der Waals surface area contributed by atoms with Gasteiger partial charge in [0.2, 0.25) is 0 Å². The lowest BCUT2D eigenvalue weighted by atomic mass is 10.1. The summed E-state index contributed by atoms with van der Waals surface area (Å²) in [6.07, 6.45) is 6.14. The van der Waals surface area contributed by atoms with Crippen molar-refractivity contribution in [3.63, 3.8) is 0 Å². The van der Waals surface area contributed by atoms with E-state index >= 15 is 0 Å². The van der Waals surface area contributed by atoms with Crippen molar-refractivity contribution in [1.29, 1.82) is 0 Å². The van der Waals surface area contributed by atoms with Crippen LogP contribution in [0.3, 0.4) is 0 Å². The highest BCUT2D eigenvalue weighted by Crippen LogP contribution is 2.37. The average Bonchev–Trinajstić information content (AvgIpc) is 3.17. The Bertz CT molecular complexity index is 487. The summed E-state index contributed by atoms with van der Waals surface area (Å²) < 4.78 is 0. The van der Waals surface area contributed by atoms with Crippen molar-refractivity contribution in [2.24, 2.45) is 0 Å². The highest BCUT2D eigenvalue weighted by molar-refractivity contribution is 7.13. The predicted molar refractivity (Wildman–Crippen MR) is 81.4 cm³/mol. The number of nitrogens with one attached hydrogen (secondary N) is 1. The van der Waals surface area contributed by atoms with Gasteiger partial charge in [-0.05, 0) is 32.7 Å². The Balaban J connectivity index is 1.76. The third kappa shape index (κ3) is 2.61. The van der Waals surface area contributed by atoms with Gasteiger partial charge in [0.25, 0.3) is 5.91 Å². The molecule has 0 aromatic carbocycles. The largest absolute Gasteiger partial charge is 0.337 e. The van der Waals surface area contributed by atoms with Crippen LogP contribution in [0.25, 0.3) is 0 Å². The molecule has 2 heterocycles. The van der Waals surface area contributed by atoms with Crippen molar-refractivity contribution in [3.8, 4) is 0 Å². The van der Waals surface area contributed by atoms with Crippen LogP contribution < -0.4 is 5.32 Å². The number of likely N-dealkylation sites (N-methyl/N-ethyl adjacent to an activating group) is 1. The fourth-order valence-electron chi connectivity index (χ4n) is 3.26. The molecular weight excluding hydrogens is 270 g/mol. The summed E-state index contributed by atoms with van der Waals surface area (Å²) in [4.78, 5) is 20.1. The number of carbonyl (C=O) groups excluding carboxylic acids is 1. The molecule has 1 aromatic rings. The molecule has 1 aliphatic carbocycles. The summed E-state index contributed by atoms with van der Waals surface area (Å²) in [5, 5.41) is 4.50. The third-order valence-electron chi connectivity index (χ3n) is 4.61. The number of aromatic nitrogens is 1. The van der Waals surface area contributed by atoms with E-state index in [1.54, 1.807) is 11.3 Å². The molecule has 5 heteroatoms. The molecule has 1 amide bonds. The van der Waals surface area contributed by atoms with Crippen LogP contribution >= 0.6 is 11.3 Å². The maximum atomic E-state index is 12.6. The van der Waals surface area contributed by atoms with Gasteiger partial charge in [-0.15, -0.1) is 11.3 Å². The van der Waals surface area contributed by atoms with E-state index in [1.807, 2.05) is 18.9 Å². The lowest BCUT2D eigenvalue weighted by Gasteiger charge is -2.23. The predicted octanol–water partition coefficient (Wildman–Crippen LogP) is 2.54. The van der Waals surface area contributed by atoms with Gasteiger partial charge in [0.05, 0.1) is 10.7 Å². The fourth-order valence-corrected chi connectivity index (χ4v) is 4.48. The molecule has 1 saturated carbocycles. The highest BCUT2D eigenvalue weighted by atomic mass is 32.1. The smallest absolute Gasteiger partial charge is 0.265 e. The molecule has 1 N–H and O–H groups in total. The SMILES string of the molecule is Cc1nc(C2CCCC2)sc1C(=O)N(C)C1CCNC1. The number of rotatable bonds is 3. The molecule has 3 rings (SSSR count). The van der Waals surface area contributed by atoms with Crippen LogP contribution in [0.5, 0.6) is 0 Å². The maximum Gasteiger partial charge on any atom is 0.265 e. The van der Waals surface area contributed by atoms with Gasteiger partial charge in [0, 0.05) is 25.6 Å². The van der Waals surface area contributed by atoms with Gasteiger partial charge in [0.15, 0.2) is 0 Å². The summed E-state index contributed by atoms with van der Waals surface area (Å²) in [6, 6.07) is 0.332. The summed E-state index contributed by atoms with van der Waals surface area (Å²) in [5.41, 5.74) is 0.916. The summed E-state index contributed by atoms with van der Waals surface area (Å²) in [5.74, 6) is 0.747. The molecule has 110 valence electrons. The van der Waals surface area contributed by atoms with Gasteiger partial charge in [-0.25, -0.2) is 4.98 Å². The molecule has 0 radical (unpaired) electrons. The van der Waals surface area contributed by atoms with Crippen LogP contribution in [0, 0.1) is 6.92 Å². The maximum absolute atomic E-state index is 12.6. The van der Waals surface area contributed by atoms with Gasteiger partial charge in [-0.2, -0.15) is 0 Å². The molecule has 2 aliphatic rings. The van der Waals surface area contributed by atoms with Crippen molar-refractivity contribution in [1.82, 2.24) is 15.2 Å². The zero-order valence-corrected chi connectivity index (χ0v) is 13.1. The first-order valence-corrected chi connectivity index (χ1v) is 8.43. The lowest BCUT2D eigenvalue weighted by Crippen LogP contribution is -2.38. The van der Waals surface area contributed by atoms with E-state index in [1.165, 1.54) is 30.7 Å². The highest BCUT2D eigenvalue weighted by Gasteiger charge is 2.28. The van der Waals surface area contributed by atoms with Crippen molar-refractivity contribution < 1.29 is 4.79 Å². The Labute approximate surface area is 124 Å². The topological polar surface area (TPSA) is 45.2 Å². The molecule has 0 spiro atoms. The number of thiazole rings is 1. The van der Waals surface area contributed by atoms with Crippen molar-refractivity contribution in [2.75, 3.05) is 20.1 Å². The lowest BCUT2D eigenvalue weighted by molar-refractivity contribution is 0.0747.